The molecule has 94 valence electrons. The van der Waals surface area contributed by atoms with Crippen LogP contribution in [0.5, 0.6) is 5.75 Å². The van der Waals surface area contributed by atoms with Crippen LogP contribution in [0.15, 0.2) is 36.5 Å². The van der Waals surface area contributed by atoms with Crippen LogP contribution in [0.4, 0.5) is 0 Å². The van der Waals surface area contributed by atoms with E-state index in [1.165, 1.54) is 12.8 Å². The minimum absolute atomic E-state index is 0.282. The molecule has 0 aliphatic heterocycles. The van der Waals surface area contributed by atoms with E-state index in [1.54, 1.807) is 0 Å². The van der Waals surface area contributed by atoms with Gasteiger partial charge in [-0.2, -0.15) is 0 Å². The van der Waals surface area contributed by atoms with Crippen molar-refractivity contribution in [2.45, 2.75) is 25.4 Å². The summed E-state index contributed by atoms with van der Waals surface area (Å²) in [5, 5.41) is 1.12. The monoisotopic (exact) mass is 242 g/mol. The van der Waals surface area contributed by atoms with Crippen LogP contribution >= 0.6 is 0 Å². The maximum absolute atomic E-state index is 6.08. The lowest BCUT2D eigenvalue weighted by molar-refractivity contribution is 0.162. The van der Waals surface area contributed by atoms with Crippen molar-refractivity contribution in [3.8, 4) is 5.75 Å². The third kappa shape index (κ3) is 2.18. The van der Waals surface area contributed by atoms with Crippen molar-refractivity contribution in [1.29, 1.82) is 0 Å². The summed E-state index contributed by atoms with van der Waals surface area (Å²) in [7, 11) is 0. The van der Waals surface area contributed by atoms with Crippen LogP contribution in [0, 0.1) is 5.92 Å². The number of benzene rings is 1. The molecule has 0 amide bonds. The van der Waals surface area contributed by atoms with Gasteiger partial charge in [0.05, 0.1) is 5.52 Å². The van der Waals surface area contributed by atoms with Crippen molar-refractivity contribution in [2.75, 3.05) is 6.54 Å². The summed E-state index contributed by atoms with van der Waals surface area (Å²) < 4.78 is 6.08. The van der Waals surface area contributed by atoms with Crippen molar-refractivity contribution in [1.82, 2.24) is 4.98 Å². The first-order chi connectivity index (χ1) is 8.86. The zero-order valence-corrected chi connectivity index (χ0v) is 10.4. The summed E-state index contributed by atoms with van der Waals surface area (Å²) in [5.41, 5.74) is 6.78. The Morgan fingerprint density at radius 1 is 1.28 bits per heavy atom. The van der Waals surface area contributed by atoms with E-state index < -0.39 is 0 Å². The highest BCUT2D eigenvalue weighted by molar-refractivity contribution is 5.79. The third-order valence-electron chi connectivity index (χ3n) is 3.75. The minimum Gasteiger partial charge on any atom is -0.490 e. The Kier molecular flexibility index (Phi) is 3.15. The number of nitrogens with zero attached hydrogens (tertiary/aromatic N) is 1. The van der Waals surface area contributed by atoms with Gasteiger partial charge in [-0.25, -0.2) is 0 Å². The van der Waals surface area contributed by atoms with Crippen molar-refractivity contribution in [3.05, 3.63) is 36.5 Å². The minimum atomic E-state index is 0.282. The summed E-state index contributed by atoms with van der Waals surface area (Å²) in [4.78, 5) is 4.31. The molecule has 2 atom stereocenters. The highest BCUT2D eigenvalue weighted by Gasteiger charge is 2.27. The number of hydrogen-bond donors (Lipinski definition) is 1. The van der Waals surface area contributed by atoms with Gasteiger partial charge in [0.25, 0.3) is 0 Å². The van der Waals surface area contributed by atoms with Gasteiger partial charge in [0.15, 0.2) is 0 Å². The van der Waals surface area contributed by atoms with Crippen molar-refractivity contribution in [2.24, 2.45) is 11.7 Å². The number of aromatic nitrogens is 1. The molecule has 2 aromatic rings. The second-order valence-electron chi connectivity index (χ2n) is 4.94. The van der Waals surface area contributed by atoms with E-state index in [1.807, 2.05) is 24.4 Å². The zero-order chi connectivity index (χ0) is 12.4. The number of pyridine rings is 1. The second-order valence-corrected chi connectivity index (χ2v) is 4.94. The van der Waals surface area contributed by atoms with Gasteiger partial charge in [0, 0.05) is 17.5 Å². The van der Waals surface area contributed by atoms with Crippen LogP contribution in [0.1, 0.15) is 19.3 Å². The first-order valence-electron chi connectivity index (χ1n) is 6.58. The van der Waals surface area contributed by atoms with E-state index in [4.69, 9.17) is 10.5 Å². The summed E-state index contributed by atoms with van der Waals surface area (Å²) in [6, 6.07) is 10.1. The number of ether oxygens (including phenoxy) is 1. The molecule has 18 heavy (non-hydrogen) atoms. The first kappa shape index (κ1) is 11.5. The number of hydrogen-bond acceptors (Lipinski definition) is 3. The fourth-order valence-electron chi connectivity index (χ4n) is 2.73. The molecule has 0 radical (unpaired) electrons. The van der Waals surface area contributed by atoms with E-state index in [0.717, 1.165) is 29.6 Å². The largest absolute Gasteiger partial charge is 0.490 e. The lowest BCUT2D eigenvalue weighted by Crippen LogP contribution is -2.27. The fraction of sp³-hybridized carbons (Fsp3) is 0.400. The molecule has 0 saturated heterocycles. The fourth-order valence-corrected chi connectivity index (χ4v) is 2.73. The maximum atomic E-state index is 6.08. The van der Waals surface area contributed by atoms with Gasteiger partial charge in [-0.3, -0.25) is 4.98 Å². The van der Waals surface area contributed by atoms with E-state index in [0.29, 0.717) is 5.92 Å². The molecule has 3 nitrogen and oxygen atoms in total. The SMILES string of the molecule is NCC1CCCC1Oc1ccc2ncccc2c1. The molecule has 0 bridgehead atoms. The highest BCUT2D eigenvalue weighted by Crippen LogP contribution is 2.30. The highest BCUT2D eigenvalue weighted by atomic mass is 16.5. The average molecular weight is 242 g/mol. The van der Waals surface area contributed by atoms with Crippen LogP contribution in [0.25, 0.3) is 10.9 Å². The molecule has 0 spiro atoms. The van der Waals surface area contributed by atoms with Crippen LogP contribution in [0.2, 0.25) is 0 Å². The lowest BCUT2D eigenvalue weighted by Gasteiger charge is -2.20. The third-order valence-corrected chi connectivity index (χ3v) is 3.75. The predicted octanol–water partition coefficient (Wildman–Crippen LogP) is 2.74. The van der Waals surface area contributed by atoms with Gasteiger partial charge in [0.2, 0.25) is 0 Å². The summed E-state index contributed by atoms with van der Waals surface area (Å²) in [6.45, 7) is 0.722. The van der Waals surface area contributed by atoms with Gasteiger partial charge in [-0.1, -0.05) is 6.07 Å². The standard InChI is InChI=1S/C15H18N2O/c16-10-12-3-1-5-15(12)18-13-6-7-14-11(9-13)4-2-8-17-14/h2,4,6-9,12,15H,1,3,5,10,16H2. The molecule has 1 heterocycles. The molecule has 2 unspecified atom stereocenters. The molecule has 2 N–H and O–H groups in total. The van der Waals surface area contributed by atoms with Crippen LogP contribution in [-0.4, -0.2) is 17.6 Å². The Hall–Kier alpha value is -1.61. The quantitative estimate of drug-likeness (QED) is 0.900. The maximum Gasteiger partial charge on any atom is 0.120 e. The van der Waals surface area contributed by atoms with Crippen LogP contribution in [-0.2, 0) is 0 Å². The topological polar surface area (TPSA) is 48.1 Å². The van der Waals surface area contributed by atoms with Gasteiger partial charge in [-0.05, 0) is 50.1 Å². The van der Waals surface area contributed by atoms with E-state index in [2.05, 4.69) is 17.1 Å². The molecule has 1 aromatic carbocycles. The molecule has 1 aliphatic carbocycles. The Balaban J connectivity index is 1.82. The zero-order valence-electron chi connectivity index (χ0n) is 10.4. The summed E-state index contributed by atoms with van der Waals surface area (Å²) in [6.07, 6.45) is 5.62. The molecule has 1 saturated carbocycles. The second kappa shape index (κ2) is 4.94. The average Bonchev–Trinajstić information content (AvgIpc) is 2.86. The molecular weight excluding hydrogens is 224 g/mol. The van der Waals surface area contributed by atoms with Crippen molar-refractivity contribution < 1.29 is 4.74 Å². The van der Waals surface area contributed by atoms with Gasteiger partial charge in [-0.15, -0.1) is 0 Å². The Morgan fingerprint density at radius 2 is 2.22 bits per heavy atom. The summed E-state index contributed by atoms with van der Waals surface area (Å²) in [5.74, 6) is 1.44. The first-order valence-corrected chi connectivity index (χ1v) is 6.58. The van der Waals surface area contributed by atoms with Gasteiger partial charge >= 0.3 is 0 Å². The number of fused-ring (bicyclic) bond motifs is 1. The molecular formula is C15H18N2O. The molecule has 3 heteroatoms. The normalized spacial score (nSPS) is 23.4. The van der Waals surface area contributed by atoms with Crippen LogP contribution in [0.3, 0.4) is 0 Å². The van der Waals surface area contributed by atoms with Crippen molar-refractivity contribution >= 4 is 10.9 Å². The lowest BCUT2D eigenvalue weighted by atomic mass is 10.1. The number of nitrogens with two attached hydrogens (primary N) is 1. The number of rotatable bonds is 3. The smallest absolute Gasteiger partial charge is 0.120 e. The Bertz CT molecular complexity index is 541. The van der Waals surface area contributed by atoms with Crippen molar-refractivity contribution in [3.63, 3.8) is 0 Å². The van der Waals surface area contributed by atoms with Crippen LogP contribution < -0.4 is 10.5 Å². The van der Waals surface area contributed by atoms with E-state index >= 15 is 0 Å². The molecule has 1 fully saturated rings. The Morgan fingerprint density at radius 3 is 3.11 bits per heavy atom. The Labute approximate surface area is 107 Å². The van der Waals surface area contributed by atoms with Gasteiger partial charge in [0.1, 0.15) is 11.9 Å². The van der Waals surface area contributed by atoms with Gasteiger partial charge < -0.3 is 10.5 Å². The van der Waals surface area contributed by atoms with E-state index in [9.17, 15) is 0 Å². The summed E-state index contributed by atoms with van der Waals surface area (Å²) >= 11 is 0. The predicted molar refractivity (Wildman–Crippen MR) is 72.6 cm³/mol. The van der Waals surface area contributed by atoms with E-state index in [-0.39, 0.29) is 6.10 Å². The molecule has 1 aromatic heterocycles. The molecule has 3 rings (SSSR count). The molecule has 1 aliphatic rings.